The maximum Gasteiger partial charge on any atom is 0.335 e. The average molecular weight is 628 g/mol. The minimum absolute atomic E-state index is 0.0963. The Morgan fingerprint density at radius 2 is 1.47 bits per heavy atom. The van der Waals surface area contributed by atoms with Crippen LogP contribution in [0.1, 0.15) is 56.8 Å². The van der Waals surface area contributed by atoms with Gasteiger partial charge >= 0.3 is 29.9 Å². The lowest BCUT2D eigenvalue weighted by Gasteiger charge is -2.18. The number of aromatic carboxylic acids is 1. The van der Waals surface area contributed by atoms with Gasteiger partial charge in [-0.2, -0.15) is 0 Å². The fraction of sp³-hybridized carbons (Fsp3) is 0.310. The minimum Gasteiger partial charge on any atom is -0.481 e. The number of halogens is 1. The smallest absolute Gasteiger partial charge is 0.335 e. The summed E-state index contributed by atoms with van der Waals surface area (Å²) in [5.74, 6) is -5.82. The molecule has 0 spiro atoms. The van der Waals surface area contributed by atoms with Gasteiger partial charge in [0.25, 0.3) is 0 Å². The van der Waals surface area contributed by atoms with Crippen LogP contribution in [0.5, 0.6) is 0 Å². The van der Waals surface area contributed by atoms with Crippen LogP contribution in [0.3, 0.4) is 0 Å². The molecule has 1 aromatic heterocycles. The number of benzene rings is 2. The normalized spacial score (nSPS) is 12.1. The number of carbonyl (C=O) groups excluding carboxylic acids is 2. The van der Waals surface area contributed by atoms with Crippen LogP contribution in [0.25, 0.3) is 5.69 Å². The summed E-state index contributed by atoms with van der Waals surface area (Å²) in [6, 6.07) is 6.12. The zero-order chi connectivity index (χ0) is 33.1. The molecule has 3 aromatic rings. The summed E-state index contributed by atoms with van der Waals surface area (Å²) >= 11 is 0. The van der Waals surface area contributed by atoms with E-state index in [0.717, 1.165) is 0 Å². The molecule has 3 rings (SSSR count). The van der Waals surface area contributed by atoms with Crippen LogP contribution in [0.15, 0.2) is 48.7 Å². The summed E-state index contributed by atoms with van der Waals surface area (Å²) in [5.41, 5.74) is 1.71. The highest BCUT2D eigenvalue weighted by molar-refractivity contribution is 6.00. The number of hydrogen-bond acceptors (Lipinski definition) is 8. The van der Waals surface area contributed by atoms with Crippen LogP contribution in [0.4, 0.5) is 9.18 Å². The summed E-state index contributed by atoms with van der Waals surface area (Å²) in [6.07, 6.45) is 0.871. The number of hydrogen-bond donors (Lipinski definition) is 6. The molecule has 1 unspecified atom stereocenters. The molecule has 0 saturated carbocycles. The minimum atomic E-state index is -1.54. The Bertz CT molecular complexity index is 1570. The number of nitrogens with one attached hydrogen (secondary N) is 2. The van der Waals surface area contributed by atoms with Gasteiger partial charge in [0.05, 0.1) is 29.8 Å². The van der Waals surface area contributed by atoms with Gasteiger partial charge in [-0.3, -0.25) is 14.0 Å². The average Bonchev–Trinajstić information content (AvgIpc) is 3.47. The molecular formula is C29H30FN5O10. The van der Waals surface area contributed by atoms with Crippen molar-refractivity contribution in [2.45, 2.75) is 50.6 Å². The van der Waals surface area contributed by atoms with Crippen molar-refractivity contribution in [3.05, 3.63) is 76.6 Å². The summed E-state index contributed by atoms with van der Waals surface area (Å²) < 4.78 is 13.8. The number of aromatic nitrogens is 3. The van der Waals surface area contributed by atoms with E-state index in [1.807, 2.05) is 0 Å². The van der Waals surface area contributed by atoms with E-state index in [9.17, 15) is 48.5 Å². The second kappa shape index (κ2) is 15.7. The molecule has 2 amide bonds. The van der Waals surface area contributed by atoms with E-state index in [1.54, 1.807) is 24.3 Å². The number of carboxylic acid groups (broad SMARTS) is 4. The predicted octanol–water partition coefficient (Wildman–Crippen LogP) is 1.91. The molecule has 0 aliphatic carbocycles. The first-order valence-electron chi connectivity index (χ1n) is 13.6. The van der Waals surface area contributed by atoms with Crippen molar-refractivity contribution in [1.82, 2.24) is 25.6 Å². The Kier molecular flexibility index (Phi) is 11.8. The molecule has 0 radical (unpaired) electrons. The predicted molar refractivity (Wildman–Crippen MR) is 152 cm³/mol. The van der Waals surface area contributed by atoms with Gasteiger partial charge in [-0.15, -0.1) is 5.10 Å². The largest absolute Gasteiger partial charge is 0.481 e. The highest BCUT2D eigenvalue weighted by Crippen LogP contribution is 2.18. The van der Waals surface area contributed by atoms with Crippen LogP contribution >= 0.6 is 0 Å². The number of alkyl halides is 1. The second-order valence-electron chi connectivity index (χ2n) is 9.97. The van der Waals surface area contributed by atoms with Crippen molar-refractivity contribution in [3.63, 3.8) is 0 Å². The van der Waals surface area contributed by atoms with E-state index in [1.165, 1.54) is 29.1 Å². The van der Waals surface area contributed by atoms with Crippen molar-refractivity contribution in [2.75, 3.05) is 6.67 Å². The fourth-order valence-electron chi connectivity index (χ4n) is 4.21. The number of ketones is 1. The number of urea groups is 1. The van der Waals surface area contributed by atoms with Gasteiger partial charge in [-0.25, -0.2) is 23.9 Å². The molecule has 15 nitrogen and oxygen atoms in total. The van der Waals surface area contributed by atoms with Crippen molar-refractivity contribution < 1.29 is 53.6 Å². The molecule has 1 heterocycles. The van der Waals surface area contributed by atoms with Crippen LogP contribution in [-0.2, 0) is 33.6 Å². The molecule has 6 N–H and O–H groups in total. The molecular weight excluding hydrogens is 597 g/mol. The van der Waals surface area contributed by atoms with Crippen molar-refractivity contribution in [3.8, 4) is 5.69 Å². The fourth-order valence-corrected chi connectivity index (χ4v) is 4.21. The SMILES string of the molecule is O=C(O)CC[C@H](NC(=O)NC(Cc1ccc(CC(=O)c2cc(C(=O)O)cc(-n3cc(CCCF)nn3)c2)cc1)C(=O)O)C(=O)O. The van der Waals surface area contributed by atoms with Gasteiger partial charge in [0, 0.05) is 24.8 Å². The van der Waals surface area contributed by atoms with Gasteiger partial charge in [-0.1, -0.05) is 29.5 Å². The maximum atomic E-state index is 13.1. The van der Waals surface area contributed by atoms with E-state index in [-0.39, 0.29) is 36.1 Å². The summed E-state index contributed by atoms with van der Waals surface area (Å²) in [4.78, 5) is 70.9. The number of carbonyl (C=O) groups is 6. The van der Waals surface area contributed by atoms with Gasteiger partial charge in [0.2, 0.25) is 0 Å². The summed E-state index contributed by atoms with van der Waals surface area (Å²) in [5, 5.41) is 49.1. The highest BCUT2D eigenvalue weighted by atomic mass is 19.1. The summed E-state index contributed by atoms with van der Waals surface area (Å²) in [7, 11) is 0. The Balaban J connectivity index is 1.68. The standard InChI is InChI=1S/C29H30FN5O10/c30-9-1-2-20-15-35(34-33-20)21-13-18(12-19(14-21)26(39)40)24(36)11-17-5-3-16(4-6-17)10-23(28(43)44)32-29(45)31-22(27(41)42)7-8-25(37)38/h3-6,12-15,22-23H,1-2,7-11H2,(H,37,38)(H,39,40)(H,41,42)(H,43,44)(H2,31,32,45)/t22-,23?/m0/s1. The summed E-state index contributed by atoms with van der Waals surface area (Å²) in [6.45, 7) is -0.526. The third-order valence-electron chi connectivity index (χ3n) is 6.54. The first kappa shape index (κ1) is 33.8. The molecule has 0 saturated heterocycles. The Morgan fingerprint density at radius 1 is 0.844 bits per heavy atom. The first-order valence-corrected chi connectivity index (χ1v) is 13.6. The molecule has 0 aliphatic heterocycles. The van der Waals surface area contributed by atoms with Gasteiger partial charge < -0.3 is 31.1 Å². The lowest BCUT2D eigenvalue weighted by molar-refractivity contribution is -0.140. The Labute approximate surface area is 254 Å². The van der Waals surface area contributed by atoms with Crippen molar-refractivity contribution in [2.24, 2.45) is 0 Å². The Hall–Kier alpha value is -5.67. The van der Waals surface area contributed by atoms with Crippen LogP contribution in [-0.4, -0.2) is 89.9 Å². The van der Waals surface area contributed by atoms with E-state index < -0.39 is 67.3 Å². The van der Waals surface area contributed by atoms with Crippen LogP contribution in [0.2, 0.25) is 0 Å². The maximum absolute atomic E-state index is 13.1. The molecule has 45 heavy (non-hydrogen) atoms. The monoisotopic (exact) mass is 627 g/mol. The molecule has 0 bridgehead atoms. The van der Waals surface area contributed by atoms with Gasteiger partial charge in [0.1, 0.15) is 12.1 Å². The molecule has 16 heteroatoms. The molecule has 2 atom stereocenters. The molecule has 0 aliphatic rings. The third-order valence-corrected chi connectivity index (χ3v) is 6.54. The first-order chi connectivity index (χ1) is 21.4. The topological polar surface area (TPSA) is 238 Å². The number of amides is 2. The Morgan fingerprint density at radius 3 is 2.07 bits per heavy atom. The van der Waals surface area contributed by atoms with Crippen LogP contribution < -0.4 is 10.6 Å². The van der Waals surface area contributed by atoms with Crippen molar-refractivity contribution in [1.29, 1.82) is 0 Å². The van der Waals surface area contributed by atoms with Crippen LogP contribution in [0, 0.1) is 0 Å². The second-order valence-corrected chi connectivity index (χ2v) is 9.97. The lowest BCUT2D eigenvalue weighted by atomic mass is 9.98. The van der Waals surface area contributed by atoms with E-state index in [2.05, 4.69) is 20.9 Å². The van der Waals surface area contributed by atoms with E-state index in [0.29, 0.717) is 23.2 Å². The van der Waals surface area contributed by atoms with Gasteiger partial charge in [0.15, 0.2) is 5.78 Å². The number of aliphatic carboxylic acids is 3. The number of rotatable bonds is 17. The highest BCUT2D eigenvalue weighted by Gasteiger charge is 2.25. The molecule has 0 fully saturated rings. The number of Topliss-reactive ketones (excluding diaryl/α,β-unsaturated/α-hetero) is 1. The number of aryl methyl sites for hydroxylation is 1. The quantitative estimate of drug-likeness (QED) is 0.118. The molecule has 238 valence electrons. The van der Waals surface area contributed by atoms with Crippen molar-refractivity contribution >= 4 is 35.7 Å². The third kappa shape index (κ3) is 10.2. The zero-order valence-corrected chi connectivity index (χ0v) is 23.7. The lowest BCUT2D eigenvalue weighted by Crippen LogP contribution is -2.51. The van der Waals surface area contributed by atoms with Gasteiger partial charge in [-0.05, 0) is 48.6 Å². The molecule has 2 aromatic carbocycles. The number of carboxylic acids is 4. The van der Waals surface area contributed by atoms with E-state index >= 15 is 0 Å². The zero-order valence-electron chi connectivity index (χ0n) is 23.7. The van der Waals surface area contributed by atoms with E-state index in [4.69, 9.17) is 5.11 Å². The number of nitrogens with zero attached hydrogens (tertiary/aromatic N) is 3.